The van der Waals surface area contributed by atoms with Crippen molar-refractivity contribution >= 4 is 22.0 Å². The summed E-state index contributed by atoms with van der Waals surface area (Å²) in [5, 5.41) is 0. The number of rotatable bonds is 5. The van der Waals surface area contributed by atoms with Gasteiger partial charge in [0.15, 0.2) is 0 Å². The summed E-state index contributed by atoms with van der Waals surface area (Å²) in [5.41, 5.74) is 0. The van der Waals surface area contributed by atoms with Gasteiger partial charge in [0.05, 0.1) is 0 Å². The van der Waals surface area contributed by atoms with Gasteiger partial charge in [0, 0.05) is 22.0 Å². The fraction of sp³-hybridized carbons (Fsp3) is 1.00. The van der Waals surface area contributed by atoms with E-state index >= 15 is 0 Å². The van der Waals surface area contributed by atoms with Crippen molar-refractivity contribution in [2.24, 2.45) is 23.7 Å². The maximum Gasteiger partial charge on any atom is 0.0456 e. The Labute approximate surface area is 87.1 Å². The molecule has 0 aliphatic rings. The zero-order chi connectivity index (χ0) is 10.6. The maximum absolute atomic E-state index is 5.61. The van der Waals surface area contributed by atoms with Crippen molar-refractivity contribution in [1.29, 1.82) is 0 Å². The van der Waals surface area contributed by atoms with Crippen LogP contribution in [0.15, 0.2) is 0 Å². The molecule has 1 atom stereocenters. The van der Waals surface area contributed by atoms with Gasteiger partial charge in [-0.05, 0) is 23.7 Å². The number of hydrogen-bond donors (Lipinski definition) is 0. The van der Waals surface area contributed by atoms with E-state index < -0.39 is 0 Å². The van der Waals surface area contributed by atoms with Crippen molar-refractivity contribution in [1.82, 2.24) is 0 Å². The Morgan fingerprint density at radius 2 is 1.31 bits per heavy atom. The van der Waals surface area contributed by atoms with Gasteiger partial charge in [-0.1, -0.05) is 40.9 Å². The van der Waals surface area contributed by atoms with Gasteiger partial charge in [-0.15, -0.1) is 0 Å². The molecular formula is C10H21B3. The Morgan fingerprint density at radius 3 is 1.54 bits per heavy atom. The molecule has 4 radical (unpaired) electrons. The van der Waals surface area contributed by atoms with Gasteiger partial charge in [0.2, 0.25) is 0 Å². The second kappa shape index (κ2) is 5.83. The zero-order valence-electron chi connectivity index (χ0n) is 9.75. The van der Waals surface area contributed by atoms with E-state index in [-0.39, 0.29) is 6.49 Å². The summed E-state index contributed by atoms with van der Waals surface area (Å²) in [4.78, 5) is 0. The SMILES string of the molecule is [B]B([B])CC(C)C(C(C)C)C(C)C. The highest BCUT2D eigenvalue weighted by molar-refractivity contribution is 7.29. The van der Waals surface area contributed by atoms with Crippen molar-refractivity contribution in [3.63, 3.8) is 0 Å². The van der Waals surface area contributed by atoms with Crippen LogP contribution < -0.4 is 0 Å². The fourth-order valence-electron chi connectivity index (χ4n) is 2.67. The van der Waals surface area contributed by atoms with Crippen molar-refractivity contribution in [3.8, 4) is 0 Å². The molecule has 3 heteroatoms. The molecule has 0 aliphatic carbocycles. The summed E-state index contributed by atoms with van der Waals surface area (Å²) < 4.78 is 0. The molecule has 0 fully saturated rings. The third-order valence-corrected chi connectivity index (χ3v) is 2.84. The van der Waals surface area contributed by atoms with Crippen LogP contribution in [-0.4, -0.2) is 22.0 Å². The van der Waals surface area contributed by atoms with E-state index in [1.807, 2.05) is 0 Å². The fourth-order valence-corrected chi connectivity index (χ4v) is 2.67. The molecule has 0 saturated heterocycles. The molecule has 13 heavy (non-hydrogen) atoms. The van der Waals surface area contributed by atoms with E-state index in [0.717, 1.165) is 12.2 Å². The summed E-state index contributed by atoms with van der Waals surface area (Å²) in [6.07, 6.45) is 0.932. The van der Waals surface area contributed by atoms with Crippen LogP contribution in [0.3, 0.4) is 0 Å². The predicted molar refractivity (Wildman–Crippen MR) is 64.4 cm³/mol. The second-order valence-corrected chi connectivity index (χ2v) is 4.94. The van der Waals surface area contributed by atoms with E-state index in [0.29, 0.717) is 17.8 Å². The van der Waals surface area contributed by atoms with Gasteiger partial charge in [-0.2, -0.15) is 0 Å². The largest absolute Gasteiger partial charge is 0.0875 e. The summed E-state index contributed by atoms with van der Waals surface area (Å²) in [6, 6.07) is 0. The minimum atomic E-state index is -0.157. The molecule has 0 aromatic rings. The topological polar surface area (TPSA) is 0 Å². The van der Waals surface area contributed by atoms with Crippen molar-refractivity contribution in [2.45, 2.75) is 40.9 Å². The maximum atomic E-state index is 5.61. The van der Waals surface area contributed by atoms with Crippen molar-refractivity contribution < 1.29 is 0 Å². The van der Waals surface area contributed by atoms with Gasteiger partial charge < -0.3 is 0 Å². The molecule has 0 aliphatic heterocycles. The Balaban J connectivity index is 4.20. The molecule has 0 heterocycles. The van der Waals surface area contributed by atoms with Gasteiger partial charge >= 0.3 is 0 Å². The first kappa shape index (κ1) is 13.2. The molecule has 0 aromatic carbocycles. The third-order valence-electron chi connectivity index (χ3n) is 2.84. The molecule has 0 rings (SSSR count). The van der Waals surface area contributed by atoms with Crippen LogP contribution in [0.2, 0.25) is 6.32 Å². The quantitative estimate of drug-likeness (QED) is 0.561. The first-order valence-corrected chi connectivity index (χ1v) is 5.37. The van der Waals surface area contributed by atoms with E-state index in [2.05, 4.69) is 34.6 Å². The first-order chi connectivity index (χ1) is 5.86. The van der Waals surface area contributed by atoms with Crippen LogP contribution in [0.25, 0.3) is 0 Å². The Hall–Kier alpha value is 0.195. The normalized spacial score (nSPS) is 14.2. The summed E-state index contributed by atoms with van der Waals surface area (Å²) in [5.74, 6) is 2.79. The Bertz CT molecular complexity index is 124. The zero-order valence-corrected chi connectivity index (χ0v) is 9.75. The average molecular weight is 174 g/mol. The minimum Gasteiger partial charge on any atom is -0.0875 e. The molecular weight excluding hydrogens is 153 g/mol. The molecule has 0 spiro atoms. The van der Waals surface area contributed by atoms with Gasteiger partial charge in [-0.3, -0.25) is 0 Å². The van der Waals surface area contributed by atoms with Crippen LogP contribution >= 0.6 is 0 Å². The number of hydrogen-bond acceptors (Lipinski definition) is 0. The molecule has 0 amide bonds. The lowest BCUT2D eigenvalue weighted by atomic mass is 9.17. The molecule has 0 N–H and O–H groups in total. The average Bonchev–Trinajstić information content (AvgIpc) is 1.81. The first-order valence-electron chi connectivity index (χ1n) is 5.37. The van der Waals surface area contributed by atoms with E-state index in [1.165, 1.54) is 0 Å². The highest BCUT2D eigenvalue weighted by Gasteiger charge is 2.24. The lowest BCUT2D eigenvalue weighted by Gasteiger charge is -2.32. The van der Waals surface area contributed by atoms with Crippen molar-refractivity contribution in [3.05, 3.63) is 0 Å². The minimum absolute atomic E-state index is 0.157. The molecule has 0 aromatic heterocycles. The van der Waals surface area contributed by atoms with Crippen LogP contribution in [-0.2, 0) is 0 Å². The monoisotopic (exact) mass is 174 g/mol. The van der Waals surface area contributed by atoms with Gasteiger partial charge in [0.1, 0.15) is 0 Å². The van der Waals surface area contributed by atoms with Gasteiger partial charge in [0.25, 0.3) is 0 Å². The smallest absolute Gasteiger partial charge is 0.0456 e. The molecule has 0 saturated carbocycles. The van der Waals surface area contributed by atoms with Crippen LogP contribution in [0, 0.1) is 23.7 Å². The standard InChI is InChI=1S/C10H21B3/c1-7(2)10(8(3)4)9(5)6-13(11)12/h7-10H,6H2,1-5H3. The summed E-state index contributed by atoms with van der Waals surface area (Å²) in [7, 11) is 11.2. The molecule has 1 unspecified atom stereocenters. The molecule has 70 valence electrons. The van der Waals surface area contributed by atoms with Crippen LogP contribution in [0.1, 0.15) is 34.6 Å². The van der Waals surface area contributed by atoms with E-state index in [1.54, 1.807) is 0 Å². The second-order valence-electron chi connectivity index (χ2n) is 4.94. The highest BCUT2D eigenvalue weighted by Crippen LogP contribution is 2.30. The highest BCUT2D eigenvalue weighted by atomic mass is 14.3. The summed E-state index contributed by atoms with van der Waals surface area (Å²) >= 11 is 0. The van der Waals surface area contributed by atoms with Crippen molar-refractivity contribution in [2.75, 3.05) is 0 Å². The predicted octanol–water partition coefficient (Wildman–Crippen LogP) is 2.38. The lowest BCUT2D eigenvalue weighted by molar-refractivity contribution is 0.212. The Kier molecular flexibility index (Phi) is 5.91. The molecule has 0 bridgehead atoms. The third kappa shape index (κ3) is 4.83. The summed E-state index contributed by atoms with van der Waals surface area (Å²) in [6.45, 7) is 11.2. The van der Waals surface area contributed by atoms with Crippen LogP contribution in [0.4, 0.5) is 0 Å². The van der Waals surface area contributed by atoms with Crippen LogP contribution in [0.5, 0.6) is 0 Å². The molecule has 0 nitrogen and oxygen atoms in total. The lowest BCUT2D eigenvalue weighted by Crippen LogP contribution is -2.28. The van der Waals surface area contributed by atoms with E-state index in [4.69, 9.17) is 15.5 Å². The van der Waals surface area contributed by atoms with E-state index in [9.17, 15) is 0 Å². The Morgan fingerprint density at radius 1 is 0.923 bits per heavy atom. The van der Waals surface area contributed by atoms with Gasteiger partial charge in [-0.25, -0.2) is 0 Å².